The molecule has 1 aromatic heterocycles. The van der Waals surface area contributed by atoms with E-state index in [4.69, 9.17) is 14.0 Å². The smallest absolute Gasteiger partial charge is 0.317 e. The van der Waals surface area contributed by atoms with Crippen LogP contribution in [0.15, 0.2) is 4.52 Å². The number of nitrogens with zero attached hydrogens (tertiary/aromatic N) is 4. The number of rotatable bonds is 7. The summed E-state index contributed by atoms with van der Waals surface area (Å²) in [5, 5.41) is 6.68. The average molecular weight is 327 g/mol. The second-order valence-electron chi connectivity index (χ2n) is 5.49. The van der Waals surface area contributed by atoms with Gasteiger partial charge in [0, 0.05) is 33.3 Å². The third kappa shape index (κ3) is 5.45. The quantitative estimate of drug-likeness (QED) is 0.758. The maximum absolute atomic E-state index is 12.3. The van der Waals surface area contributed by atoms with E-state index in [2.05, 4.69) is 20.4 Å². The monoisotopic (exact) mass is 327 g/mol. The minimum absolute atomic E-state index is 0.0214. The van der Waals surface area contributed by atoms with Gasteiger partial charge in [-0.15, -0.1) is 0 Å². The zero-order chi connectivity index (χ0) is 16.7. The summed E-state index contributed by atoms with van der Waals surface area (Å²) in [6.45, 7) is 5.91. The molecule has 9 heteroatoms. The van der Waals surface area contributed by atoms with Gasteiger partial charge in [-0.1, -0.05) is 5.16 Å². The minimum Gasteiger partial charge on any atom is -0.377 e. The van der Waals surface area contributed by atoms with Gasteiger partial charge in [0.25, 0.3) is 0 Å². The van der Waals surface area contributed by atoms with Crippen LogP contribution in [0.25, 0.3) is 0 Å². The number of hydrogen-bond donors (Lipinski definition) is 1. The first-order valence-electron chi connectivity index (χ1n) is 7.75. The van der Waals surface area contributed by atoms with Gasteiger partial charge in [0.05, 0.1) is 12.7 Å². The van der Waals surface area contributed by atoms with Crippen molar-refractivity contribution in [3.63, 3.8) is 0 Å². The lowest BCUT2D eigenvalue weighted by Gasteiger charge is -2.30. The van der Waals surface area contributed by atoms with Gasteiger partial charge in [0.1, 0.15) is 13.2 Å². The summed E-state index contributed by atoms with van der Waals surface area (Å²) in [4.78, 5) is 20.2. The fourth-order valence-electron chi connectivity index (χ4n) is 2.34. The Morgan fingerprint density at radius 2 is 2.39 bits per heavy atom. The number of methoxy groups -OCH3 is 1. The molecule has 23 heavy (non-hydrogen) atoms. The van der Waals surface area contributed by atoms with E-state index in [-0.39, 0.29) is 25.3 Å². The number of aromatic nitrogens is 2. The number of ether oxygens (including phenoxy) is 2. The lowest BCUT2D eigenvalue weighted by atomic mass is 10.3. The summed E-state index contributed by atoms with van der Waals surface area (Å²) < 4.78 is 15.7. The first-order chi connectivity index (χ1) is 11.1. The number of carbonyl (C=O) groups is 1. The molecule has 0 aromatic carbocycles. The van der Waals surface area contributed by atoms with Crippen LogP contribution in [0.5, 0.6) is 0 Å². The molecule has 9 nitrogen and oxygen atoms in total. The molecule has 0 aliphatic carbocycles. The van der Waals surface area contributed by atoms with Gasteiger partial charge in [0.2, 0.25) is 5.89 Å². The Morgan fingerprint density at radius 3 is 3.09 bits per heavy atom. The molecule has 0 bridgehead atoms. The molecule has 2 heterocycles. The van der Waals surface area contributed by atoms with Crippen LogP contribution in [0.4, 0.5) is 4.79 Å². The number of morpholine rings is 1. The molecular weight excluding hydrogens is 302 g/mol. The largest absolute Gasteiger partial charge is 0.377 e. The molecule has 1 aliphatic rings. The van der Waals surface area contributed by atoms with E-state index in [1.165, 1.54) is 0 Å². The molecule has 130 valence electrons. The Labute approximate surface area is 135 Å². The maximum atomic E-state index is 12.3. The normalized spacial score (nSPS) is 18.8. The van der Waals surface area contributed by atoms with E-state index in [1.54, 1.807) is 12.0 Å². The Hall–Kier alpha value is -1.71. The van der Waals surface area contributed by atoms with Gasteiger partial charge in [-0.25, -0.2) is 4.79 Å². The molecule has 2 rings (SSSR count). The zero-order valence-corrected chi connectivity index (χ0v) is 13.9. The predicted octanol–water partition coefficient (Wildman–Crippen LogP) is 0.0781. The third-order valence-corrected chi connectivity index (χ3v) is 3.60. The highest BCUT2D eigenvalue weighted by atomic mass is 16.5. The molecular formula is C14H25N5O4. The SMILES string of the molecule is CCN(Cc1nc(COC)no1)C(=O)NC[C@@H]1CN(C)CCO1. The number of nitrogens with one attached hydrogen (secondary N) is 1. The summed E-state index contributed by atoms with van der Waals surface area (Å²) in [5.74, 6) is 0.861. The van der Waals surface area contributed by atoms with Crippen molar-refractivity contribution in [2.45, 2.75) is 26.2 Å². The van der Waals surface area contributed by atoms with Gasteiger partial charge in [-0.3, -0.25) is 0 Å². The van der Waals surface area contributed by atoms with Crippen LogP contribution in [0, 0.1) is 0 Å². The molecule has 1 N–H and O–H groups in total. The van der Waals surface area contributed by atoms with Crippen molar-refractivity contribution < 1.29 is 18.8 Å². The summed E-state index contributed by atoms with van der Waals surface area (Å²) in [6, 6.07) is -0.171. The van der Waals surface area contributed by atoms with Crippen LogP contribution in [-0.4, -0.2) is 79.0 Å². The summed E-state index contributed by atoms with van der Waals surface area (Å²) >= 11 is 0. The molecule has 0 spiro atoms. The zero-order valence-electron chi connectivity index (χ0n) is 13.9. The fraction of sp³-hybridized carbons (Fsp3) is 0.786. The molecule has 1 fully saturated rings. The molecule has 2 amide bonds. The van der Waals surface area contributed by atoms with Crippen molar-refractivity contribution in [1.82, 2.24) is 25.3 Å². The molecule has 0 saturated carbocycles. The highest BCUT2D eigenvalue weighted by molar-refractivity contribution is 5.74. The topological polar surface area (TPSA) is 93.0 Å². The first kappa shape index (κ1) is 17.6. The van der Waals surface area contributed by atoms with Crippen LogP contribution >= 0.6 is 0 Å². The lowest BCUT2D eigenvalue weighted by molar-refractivity contribution is -0.0172. The minimum atomic E-state index is -0.171. The second kappa shape index (κ2) is 8.80. The summed E-state index contributed by atoms with van der Waals surface area (Å²) in [5.41, 5.74) is 0. The summed E-state index contributed by atoms with van der Waals surface area (Å²) in [6.07, 6.45) is 0.0214. The Kier molecular flexibility index (Phi) is 6.75. The molecule has 1 saturated heterocycles. The highest BCUT2D eigenvalue weighted by Gasteiger charge is 2.21. The van der Waals surface area contributed by atoms with Crippen molar-refractivity contribution in [3.8, 4) is 0 Å². The average Bonchev–Trinajstić information content (AvgIpc) is 2.98. The van der Waals surface area contributed by atoms with Crippen LogP contribution in [0.2, 0.25) is 0 Å². The highest BCUT2D eigenvalue weighted by Crippen LogP contribution is 2.05. The lowest BCUT2D eigenvalue weighted by Crippen LogP contribution is -2.48. The van der Waals surface area contributed by atoms with Gasteiger partial charge in [0.15, 0.2) is 5.82 Å². The number of carbonyl (C=O) groups excluding carboxylic acids is 1. The van der Waals surface area contributed by atoms with Crippen LogP contribution in [0.1, 0.15) is 18.6 Å². The standard InChI is InChI=1S/C14H25N5O4/c1-4-19(9-13-16-12(10-21-3)17-23-13)14(20)15-7-11-8-18(2)5-6-22-11/h11H,4-10H2,1-3H3,(H,15,20)/t11-/m1/s1. The van der Waals surface area contributed by atoms with E-state index in [0.29, 0.717) is 31.4 Å². The number of hydrogen-bond acceptors (Lipinski definition) is 7. The van der Waals surface area contributed by atoms with Crippen molar-refractivity contribution in [3.05, 3.63) is 11.7 Å². The predicted molar refractivity (Wildman–Crippen MR) is 81.7 cm³/mol. The van der Waals surface area contributed by atoms with Gasteiger partial charge >= 0.3 is 6.03 Å². The fourth-order valence-corrected chi connectivity index (χ4v) is 2.34. The third-order valence-electron chi connectivity index (χ3n) is 3.60. The maximum Gasteiger partial charge on any atom is 0.317 e. The molecule has 1 aromatic rings. The Bertz CT molecular complexity index is 495. The van der Waals surface area contributed by atoms with Gasteiger partial charge in [-0.05, 0) is 14.0 Å². The molecule has 0 radical (unpaired) electrons. The van der Waals surface area contributed by atoms with E-state index in [9.17, 15) is 4.79 Å². The van der Waals surface area contributed by atoms with E-state index < -0.39 is 0 Å². The second-order valence-corrected chi connectivity index (χ2v) is 5.49. The number of urea groups is 1. The first-order valence-corrected chi connectivity index (χ1v) is 7.75. The van der Waals surface area contributed by atoms with Crippen LogP contribution in [-0.2, 0) is 22.6 Å². The van der Waals surface area contributed by atoms with Crippen molar-refractivity contribution >= 4 is 6.03 Å². The van der Waals surface area contributed by atoms with Crippen molar-refractivity contribution in [1.29, 1.82) is 0 Å². The van der Waals surface area contributed by atoms with E-state index >= 15 is 0 Å². The van der Waals surface area contributed by atoms with Gasteiger partial charge < -0.3 is 29.1 Å². The van der Waals surface area contributed by atoms with E-state index in [1.807, 2.05) is 14.0 Å². The Balaban J connectivity index is 1.80. The van der Waals surface area contributed by atoms with Crippen molar-refractivity contribution in [2.75, 3.05) is 46.9 Å². The van der Waals surface area contributed by atoms with Crippen LogP contribution < -0.4 is 5.32 Å². The summed E-state index contributed by atoms with van der Waals surface area (Å²) in [7, 11) is 3.61. The van der Waals surface area contributed by atoms with Gasteiger partial charge in [-0.2, -0.15) is 4.98 Å². The van der Waals surface area contributed by atoms with Crippen molar-refractivity contribution in [2.24, 2.45) is 0 Å². The van der Waals surface area contributed by atoms with Crippen LogP contribution in [0.3, 0.4) is 0 Å². The molecule has 0 unspecified atom stereocenters. The van der Waals surface area contributed by atoms with E-state index in [0.717, 1.165) is 13.1 Å². The number of likely N-dealkylation sites (N-methyl/N-ethyl adjacent to an activating group) is 1. The molecule has 1 atom stereocenters. The Morgan fingerprint density at radius 1 is 1.57 bits per heavy atom. The number of amides is 2. The molecule has 1 aliphatic heterocycles.